The Labute approximate surface area is 151 Å². The van der Waals surface area contributed by atoms with Crippen LogP contribution in [0, 0.1) is 13.8 Å². The van der Waals surface area contributed by atoms with Gasteiger partial charge in [0.05, 0.1) is 11.1 Å². The predicted molar refractivity (Wildman–Crippen MR) is 100 cm³/mol. The van der Waals surface area contributed by atoms with Crippen LogP contribution in [0.1, 0.15) is 28.8 Å². The second-order valence-electron chi connectivity index (χ2n) is 6.55. The lowest BCUT2D eigenvalue weighted by atomic mass is 10.1. The van der Waals surface area contributed by atoms with E-state index in [1.54, 1.807) is 17.7 Å². The molecule has 1 aliphatic rings. The molecule has 25 heavy (non-hydrogen) atoms. The second kappa shape index (κ2) is 6.72. The second-order valence-corrected chi connectivity index (χ2v) is 7.66. The molecule has 1 aliphatic heterocycles. The molecule has 0 aromatic carbocycles. The Morgan fingerprint density at radius 2 is 1.96 bits per heavy atom. The summed E-state index contributed by atoms with van der Waals surface area (Å²) in [5.74, 6) is 2.01. The lowest BCUT2D eigenvalue weighted by molar-refractivity contribution is 0.247. The number of rotatable bonds is 4. The van der Waals surface area contributed by atoms with Gasteiger partial charge in [0, 0.05) is 43.2 Å². The van der Waals surface area contributed by atoms with Gasteiger partial charge in [-0.2, -0.15) is 0 Å². The Morgan fingerprint density at radius 1 is 1.16 bits per heavy atom. The van der Waals surface area contributed by atoms with E-state index in [1.165, 1.54) is 15.8 Å². The summed E-state index contributed by atoms with van der Waals surface area (Å²) in [4.78, 5) is 16.3. The quantitative estimate of drug-likeness (QED) is 0.715. The predicted octanol–water partition coefficient (Wildman–Crippen LogP) is 3.18. The summed E-state index contributed by atoms with van der Waals surface area (Å²) in [5.41, 5.74) is 2.23. The Balaban J connectivity index is 1.48. The molecule has 4 heterocycles. The van der Waals surface area contributed by atoms with E-state index in [9.17, 15) is 0 Å². The van der Waals surface area contributed by atoms with E-state index < -0.39 is 0 Å². The molecule has 0 saturated carbocycles. The van der Waals surface area contributed by atoms with E-state index >= 15 is 0 Å². The van der Waals surface area contributed by atoms with Crippen molar-refractivity contribution in [1.29, 1.82) is 0 Å². The SMILES string of the molecule is CCc1cc2c(N3CCN(Cc4c(C)noc4C)CC3)ncnc2s1. The summed E-state index contributed by atoms with van der Waals surface area (Å²) >= 11 is 1.78. The number of thiophene rings is 1. The smallest absolute Gasteiger partial charge is 0.140 e. The first-order valence-corrected chi connectivity index (χ1v) is 9.59. The van der Waals surface area contributed by atoms with Gasteiger partial charge < -0.3 is 9.42 Å². The molecule has 3 aromatic heterocycles. The molecule has 3 aromatic rings. The van der Waals surface area contributed by atoms with Crippen molar-refractivity contribution in [2.24, 2.45) is 0 Å². The van der Waals surface area contributed by atoms with Crippen molar-refractivity contribution in [3.63, 3.8) is 0 Å². The summed E-state index contributed by atoms with van der Waals surface area (Å²) in [6, 6.07) is 2.26. The van der Waals surface area contributed by atoms with E-state index in [0.29, 0.717) is 0 Å². The highest BCUT2D eigenvalue weighted by Gasteiger charge is 2.22. The molecule has 0 radical (unpaired) electrons. The zero-order chi connectivity index (χ0) is 17.4. The topological polar surface area (TPSA) is 58.3 Å². The fraction of sp³-hybridized carbons (Fsp3) is 0.500. The molecule has 0 unspecified atom stereocenters. The highest BCUT2D eigenvalue weighted by atomic mass is 32.1. The van der Waals surface area contributed by atoms with Gasteiger partial charge in [0.15, 0.2) is 0 Å². The van der Waals surface area contributed by atoms with E-state index in [-0.39, 0.29) is 0 Å². The molecule has 4 rings (SSSR count). The van der Waals surface area contributed by atoms with E-state index in [0.717, 1.165) is 61.2 Å². The van der Waals surface area contributed by atoms with E-state index in [4.69, 9.17) is 4.52 Å². The number of nitrogens with zero attached hydrogens (tertiary/aromatic N) is 5. The number of hydrogen-bond acceptors (Lipinski definition) is 7. The zero-order valence-electron chi connectivity index (χ0n) is 14.9. The van der Waals surface area contributed by atoms with Gasteiger partial charge in [0.25, 0.3) is 0 Å². The van der Waals surface area contributed by atoms with Crippen LogP contribution in [0.3, 0.4) is 0 Å². The molecule has 0 bridgehead atoms. The van der Waals surface area contributed by atoms with Crippen LogP contribution in [0.2, 0.25) is 0 Å². The zero-order valence-corrected chi connectivity index (χ0v) is 15.8. The van der Waals surface area contributed by atoms with Crippen LogP contribution in [0.4, 0.5) is 5.82 Å². The molecule has 7 heteroatoms. The van der Waals surface area contributed by atoms with Crippen molar-refractivity contribution in [1.82, 2.24) is 20.0 Å². The van der Waals surface area contributed by atoms with Gasteiger partial charge in [0.2, 0.25) is 0 Å². The van der Waals surface area contributed by atoms with Crippen molar-refractivity contribution in [2.45, 2.75) is 33.7 Å². The molecular formula is C18H23N5OS. The van der Waals surface area contributed by atoms with Gasteiger partial charge in [0.1, 0.15) is 22.7 Å². The Bertz CT molecular complexity index is 859. The molecule has 1 saturated heterocycles. The van der Waals surface area contributed by atoms with Gasteiger partial charge in [-0.05, 0) is 26.3 Å². The molecular weight excluding hydrogens is 334 g/mol. The van der Waals surface area contributed by atoms with Gasteiger partial charge in [-0.3, -0.25) is 4.90 Å². The monoisotopic (exact) mass is 357 g/mol. The van der Waals surface area contributed by atoms with Gasteiger partial charge in [-0.15, -0.1) is 11.3 Å². The van der Waals surface area contributed by atoms with E-state index in [1.807, 2.05) is 13.8 Å². The summed E-state index contributed by atoms with van der Waals surface area (Å²) in [7, 11) is 0. The highest BCUT2D eigenvalue weighted by molar-refractivity contribution is 7.18. The van der Waals surface area contributed by atoms with E-state index in [2.05, 4.69) is 37.9 Å². The largest absolute Gasteiger partial charge is 0.361 e. The fourth-order valence-electron chi connectivity index (χ4n) is 3.39. The van der Waals surface area contributed by atoms with Crippen molar-refractivity contribution in [2.75, 3.05) is 31.1 Å². The van der Waals surface area contributed by atoms with Crippen LogP contribution >= 0.6 is 11.3 Å². The lowest BCUT2D eigenvalue weighted by Crippen LogP contribution is -2.46. The molecule has 0 amide bonds. The van der Waals surface area contributed by atoms with Crippen molar-refractivity contribution >= 4 is 27.4 Å². The standard InChI is InChI=1S/C18H23N5OS/c1-4-14-9-15-17(19-11-20-18(15)25-14)23-7-5-22(6-8-23)10-16-12(2)21-24-13(16)3/h9,11H,4-8,10H2,1-3H3. The number of piperazine rings is 1. The van der Waals surface area contributed by atoms with Gasteiger partial charge >= 0.3 is 0 Å². The first-order chi connectivity index (χ1) is 12.2. The molecule has 0 N–H and O–H groups in total. The molecule has 132 valence electrons. The summed E-state index contributed by atoms with van der Waals surface area (Å²) in [5, 5.41) is 5.26. The number of aromatic nitrogens is 3. The van der Waals surface area contributed by atoms with Crippen LogP contribution in [-0.4, -0.2) is 46.2 Å². The normalized spacial score (nSPS) is 16.0. The summed E-state index contributed by atoms with van der Waals surface area (Å²) in [6.07, 6.45) is 2.75. The van der Waals surface area contributed by atoms with Crippen molar-refractivity contribution in [3.8, 4) is 0 Å². The number of aryl methyl sites for hydroxylation is 3. The maximum atomic E-state index is 5.29. The van der Waals surface area contributed by atoms with Crippen LogP contribution < -0.4 is 4.90 Å². The average Bonchev–Trinajstić information content (AvgIpc) is 3.20. The minimum absolute atomic E-state index is 0.909. The van der Waals surface area contributed by atoms with Gasteiger partial charge in [-0.25, -0.2) is 9.97 Å². The number of fused-ring (bicyclic) bond motifs is 1. The maximum Gasteiger partial charge on any atom is 0.140 e. The fourth-order valence-corrected chi connectivity index (χ4v) is 4.32. The summed E-state index contributed by atoms with van der Waals surface area (Å²) in [6.45, 7) is 11.1. The van der Waals surface area contributed by atoms with Crippen LogP contribution in [0.5, 0.6) is 0 Å². The van der Waals surface area contributed by atoms with Crippen LogP contribution in [-0.2, 0) is 13.0 Å². The Morgan fingerprint density at radius 3 is 2.64 bits per heavy atom. The third-order valence-electron chi connectivity index (χ3n) is 4.94. The van der Waals surface area contributed by atoms with Crippen LogP contribution in [0.25, 0.3) is 10.2 Å². The first kappa shape index (κ1) is 16.5. The molecule has 1 fully saturated rings. The van der Waals surface area contributed by atoms with Gasteiger partial charge in [-0.1, -0.05) is 12.1 Å². The average molecular weight is 357 g/mol. The Kier molecular flexibility index (Phi) is 4.43. The van der Waals surface area contributed by atoms with Crippen molar-refractivity contribution < 1.29 is 4.52 Å². The Hall–Kier alpha value is -1.99. The minimum Gasteiger partial charge on any atom is -0.361 e. The number of anilines is 1. The summed E-state index contributed by atoms with van der Waals surface area (Å²) < 4.78 is 5.29. The maximum absolute atomic E-state index is 5.29. The highest BCUT2D eigenvalue weighted by Crippen LogP contribution is 2.31. The first-order valence-electron chi connectivity index (χ1n) is 8.78. The molecule has 6 nitrogen and oxygen atoms in total. The third kappa shape index (κ3) is 3.14. The lowest BCUT2D eigenvalue weighted by Gasteiger charge is -2.35. The molecule has 0 atom stereocenters. The van der Waals surface area contributed by atoms with Crippen LogP contribution in [0.15, 0.2) is 16.9 Å². The molecule has 0 aliphatic carbocycles. The minimum atomic E-state index is 0.909. The van der Waals surface area contributed by atoms with Crippen molar-refractivity contribution in [3.05, 3.63) is 34.3 Å². The third-order valence-corrected chi connectivity index (χ3v) is 6.13. The molecule has 0 spiro atoms. The number of hydrogen-bond donors (Lipinski definition) is 0.